The van der Waals surface area contributed by atoms with Gasteiger partial charge in [0, 0.05) is 26.4 Å². The number of piperidine rings is 1. The van der Waals surface area contributed by atoms with Crippen LogP contribution >= 0.6 is 11.6 Å². The molecule has 1 fully saturated rings. The van der Waals surface area contributed by atoms with Gasteiger partial charge in [-0.1, -0.05) is 11.6 Å². The number of pyridine rings is 1. The Balaban J connectivity index is 1.93. The quantitative estimate of drug-likeness (QED) is 0.829. The number of anilines is 1. The van der Waals surface area contributed by atoms with E-state index in [0.29, 0.717) is 23.9 Å². The summed E-state index contributed by atoms with van der Waals surface area (Å²) in [6, 6.07) is 2.60. The molecule has 3 N–H and O–H groups in total. The smallest absolute Gasteiger partial charge is 0.241 e. The van der Waals surface area contributed by atoms with Crippen LogP contribution in [-0.4, -0.2) is 54.5 Å². The van der Waals surface area contributed by atoms with Crippen molar-refractivity contribution in [1.29, 1.82) is 0 Å². The predicted octanol–water partition coefficient (Wildman–Crippen LogP) is 0.886. The normalized spacial score (nSPS) is 19.3. The minimum absolute atomic E-state index is 0.155. The molecule has 2 amide bonds. The summed E-state index contributed by atoms with van der Waals surface area (Å²) in [7, 11) is 1.50. The van der Waals surface area contributed by atoms with Crippen molar-refractivity contribution in [3.8, 4) is 0 Å². The summed E-state index contributed by atoms with van der Waals surface area (Å²) < 4.78 is 4.91. The molecule has 126 valence electrons. The van der Waals surface area contributed by atoms with E-state index in [1.54, 1.807) is 17.0 Å². The molecule has 23 heavy (non-hydrogen) atoms. The van der Waals surface area contributed by atoms with Crippen LogP contribution in [0.25, 0.3) is 0 Å². The lowest BCUT2D eigenvalue weighted by molar-refractivity contribution is -0.136. The van der Waals surface area contributed by atoms with E-state index >= 15 is 0 Å². The van der Waals surface area contributed by atoms with Crippen LogP contribution in [0.5, 0.6) is 0 Å². The summed E-state index contributed by atoms with van der Waals surface area (Å²) in [5, 5.41) is 3.25. The molecule has 0 radical (unpaired) electrons. The Labute approximate surface area is 140 Å². The molecule has 1 aromatic rings. The number of methoxy groups -OCH3 is 1. The van der Waals surface area contributed by atoms with Gasteiger partial charge in [0.2, 0.25) is 11.8 Å². The number of rotatable bonds is 5. The summed E-state index contributed by atoms with van der Waals surface area (Å²) in [5.74, 6) is -0.175. The molecule has 0 bridgehead atoms. The molecule has 0 aromatic carbocycles. The van der Waals surface area contributed by atoms with Crippen LogP contribution in [0.2, 0.25) is 5.02 Å². The number of hydrogen-bond donors (Lipinski definition) is 2. The SMILES string of the molecule is COCC(N)C(=O)N1CCCC(C(=O)Nc2ccc(Cl)cn2)C1. The maximum absolute atomic E-state index is 12.3. The van der Waals surface area contributed by atoms with Gasteiger partial charge in [-0.3, -0.25) is 9.59 Å². The zero-order chi connectivity index (χ0) is 16.8. The predicted molar refractivity (Wildman–Crippen MR) is 87.0 cm³/mol. The van der Waals surface area contributed by atoms with Gasteiger partial charge in [0.1, 0.15) is 11.9 Å². The van der Waals surface area contributed by atoms with Gasteiger partial charge >= 0.3 is 0 Å². The zero-order valence-electron chi connectivity index (χ0n) is 13.0. The van der Waals surface area contributed by atoms with Crippen LogP contribution in [0, 0.1) is 5.92 Å². The van der Waals surface area contributed by atoms with Gasteiger partial charge in [-0.15, -0.1) is 0 Å². The van der Waals surface area contributed by atoms with E-state index in [2.05, 4.69) is 10.3 Å². The van der Waals surface area contributed by atoms with Gasteiger partial charge in [0.05, 0.1) is 17.5 Å². The monoisotopic (exact) mass is 340 g/mol. The lowest BCUT2D eigenvalue weighted by Crippen LogP contribution is -2.51. The topological polar surface area (TPSA) is 97.5 Å². The molecule has 1 saturated heterocycles. The number of nitrogens with two attached hydrogens (primary N) is 1. The van der Waals surface area contributed by atoms with Crippen molar-refractivity contribution in [1.82, 2.24) is 9.88 Å². The molecule has 1 aromatic heterocycles. The van der Waals surface area contributed by atoms with Crippen molar-refractivity contribution in [2.45, 2.75) is 18.9 Å². The second-order valence-corrected chi connectivity index (χ2v) is 5.97. The largest absolute Gasteiger partial charge is 0.383 e. The number of amides is 2. The van der Waals surface area contributed by atoms with Crippen LogP contribution in [0.3, 0.4) is 0 Å². The fourth-order valence-electron chi connectivity index (χ4n) is 2.55. The minimum Gasteiger partial charge on any atom is -0.383 e. The van der Waals surface area contributed by atoms with E-state index < -0.39 is 6.04 Å². The fraction of sp³-hybridized carbons (Fsp3) is 0.533. The number of carbonyl (C=O) groups excluding carboxylic acids is 2. The van der Waals surface area contributed by atoms with Gasteiger partial charge < -0.3 is 20.7 Å². The third-order valence-corrected chi connectivity index (χ3v) is 3.97. The standard InChI is InChI=1S/C15H21ClN4O3/c1-23-9-12(17)15(22)20-6-2-3-10(8-20)14(21)19-13-5-4-11(16)7-18-13/h4-5,7,10,12H,2-3,6,8-9,17H2,1H3,(H,18,19,21). The first-order valence-corrected chi connectivity index (χ1v) is 7.84. The highest BCUT2D eigenvalue weighted by Gasteiger charge is 2.30. The Morgan fingerprint density at radius 1 is 1.57 bits per heavy atom. The van der Waals surface area contributed by atoms with Crippen molar-refractivity contribution >= 4 is 29.2 Å². The van der Waals surface area contributed by atoms with E-state index in [9.17, 15) is 9.59 Å². The van der Waals surface area contributed by atoms with Crippen LogP contribution in [0.4, 0.5) is 5.82 Å². The lowest BCUT2D eigenvalue weighted by Gasteiger charge is -2.33. The number of aromatic nitrogens is 1. The van der Waals surface area contributed by atoms with Crippen molar-refractivity contribution in [2.75, 3.05) is 32.1 Å². The Kier molecular flexibility index (Phi) is 6.32. The van der Waals surface area contributed by atoms with Crippen molar-refractivity contribution in [3.63, 3.8) is 0 Å². The molecule has 0 spiro atoms. The average Bonchev–Trinajstić information content (AvgIpc) is 2.56. The summed E-state index contributed by atoms with van der Waals surface area (Å²) >= 11 is 5.76. The molecule has 2 heterocycles. The maximum atomic E-state index is 12.3. The van der Waals surface area contributed by atoms with E-state index in [1.807, 2.05) is 0 Å². The Morgan fingerprint density at radius 2 is 2.35 bits per heavy atom. The highest BCUT2D eigenvalue weighted by molar-refractivity contribution is 6.30. The third kappa shape index (κ3) is 4.89. The Hall–Kier alpha value is -1.70. The molecule has 2 rings (SSSR count). The number of halogens is 1. The summed E-state index contributed by atoms with van der Waals surface area (Å²) in [5.41, 5.74) is 5.78. The van der Waals surface area contributed by atoms with E-state index in [0.717, 1.165) is 12.8 Å². The van der Waals surface area contributed by atoms with Gasteiger partial charge in [0.15, 0.2) is 0 Å². The van der Waals surface area contributed by atoms with E-state index in [-0.39, 0.29) is 24.3 Å². The number of ether oxygens (including phenoxy) is 1. The Bertz CT molecular complexity index is 552. The number of carbonyl (C=O) groups is 2. The molecule has 7 nitrogen and oxygen atoms in total. The van der Waals surface area contributed by atoms with Gasteiger partial charge in [-0.2, -0.15) is 0 Å². The highest BCUT2D eigenvalue weighted by atomic mass is 35.5. The number of likely N-dealkylation sites (tertiary alicyclic amines) is 1. The highest BCUT2D eigenvalue weighted by Crippen LogP contribution is 2.19. The summed E-state index contributed by atoms with van der Waals surface area (Å²) in [6.45, 7) is 1.13. The first-order chi connectivity index (χ1) is 11.0. The van der Waals surface area contributed by atoms with Gasteiger partial charge in [-0.05, 0) is 25.0 Å². The second-order valence-electron chi connectivity index (χ2n) is 5.54. The molecule has 1 aliphatic rings. The van der Waals surface area contributed by atoms with Gasteiger partial charge in [0.25, 0.3) is 0 Å². The summed E-state index contributed by atoms with van der Waals surface area (Å²) in [4.78, 5) is 30.2. The van der Waals surface area contributed by atoms with Crippen LogP contribution < -0.4 is 11.1 Å². The molecule has 2 unspecified atom stereocenters. The van der Waals surface area contributed by atoms with E-state index in [4.69, 9.17) is 22.1 Å². The molecular formula is C15H21ClN4O3. The van der Waals surface area contributed by atoms with Crippen molar-refractivity contribution in [3.05, 3.63) is 23.4 Å². The van der Waals surface area contributed by atoms with Crippen LogP contribution in [0.1, 0.15) is 12.8 Å². The maximum Gasteiger partial charge on any atom is 0.241 e. The Morgan fingerprint density at radius 3 is 3.00 bits per heavy atom. The lowest BCUT2D eigenvalue weighted by atomic mass is 9.96. The zero-order valence-corrected chi connectivity index (χ0v) is 13.8. The number of nitrogens with one attached hydrogen (secondary N) is 1. The van der Waals surface area contributed by atoms with Crippen LogP contribution in [-0.2, 0) is 14.3 Å². The van der Waals surface area contributed by atoms with Crippen LogP contribution in [0.15, 0.2) is 18.3 Å². The van der Waals surface area contributed by atoms with E-state index in [1.165, 1.54) is 13.3 Å². The molecule has 2 atom stereocenters. The third-order valence-electron chi connectivity index (χ3n) is 3.75. The van der Waals surface area contributed by atoms with Crippen molar-refractivity contribution in [2.24, 2.45) is 11.7 Å². The summed E-state index contributed by atoms with van der Waals surface area (Å²) in [6.07, 6.45) is 2.96. The minimum atomic E-state index is -0.695. The number of hydrogen-bond acceptors (Lipinski definition) is 5. The molecular weight excluding hydrogens is 320 g/mol. The molecule has 0 saturated carbocycles. The first-order valence-electron chi connectivity index (χ1n) is 7.47. The molecule has 8 heteroatoms. The van der Waals surface area contributed by atoms with Crippen molar-refractivity contribution < 1.29 is 14.3 Å². The molecule has 1 aliphatic heterocycles. The fourth-order valence-corrected chi connectivity index (χ4v) is 2.67. The second kappa shape index (κ2) is 8.24. The number of nitrogens with zero attached hydrogens (tertiary/aromatic N) is 2. The molecule has 0 aliphatic carbocycles. The average molecular weight is 341 g/mol. The van der Waals surface area contributed by atoms with Gasteiger partial charge in [-0.25, -0.2) is 4.98 Å². The first kappa shape index (κ1) is 17.7.